The van der Waals surface area contributed by atoms with Crippen molar-refractivity contribution in [2.45, 2.75) is 25.3 Å². The summed E-state index contributed by atoms with van der Waals surface area (Å²) in [6.45, 7) is 4.20. The minimum atomic E-state index is -4.02. The minimum Gasteiger partial charge on any atom is -0.495 e. The van der Waals surface area contributed by atoms with Crippen LogP contribution >= 0.6 is 0 Å². The SMILES string of the molecule is CCOc1ccc(CNC(=O)CN(c2cc(C)ccc2OC)S(=O)(=O)c2ccccc2)cc1. The summed E-state index contributed by atoms with van der Waals surface area (Å²) in [4.78, 5) is 12.9. The predicted octanol–water partition coefficient (Wildman–Crippen LogP) is 3.91. The molecule has 3 aromatic rings. The molecule has 8 heteroatoms. The Bertz CT molecular complexity index is 1180. The van der Waals surface area contributed by atoms with Gasteiger partial charge in [-0.2, -0.15) is 0 Å². The lowest BCUT2D eigenvalue weighted by atomic mass is 10.2. The number of hydrogen-bond donors (Lipinski definition) is 1. The predicted molar refractivity (Wildman–Crippen MR) is 128 cm³/mol. The van der Waals surface area contributed by atoms with E-state index < -0.39 is 22.5 Å². The Kier molecular flexibility index (Phi) is 7.95. The fraction of sp³-hybridized carbons (Fsp3) is 0.240. The molecule has 0 saturated heterocycles. The Morgan fingerprint density at radius 2 is 1.70 bits per heavy atom. The smallest absolute Gasteiger partial charge is 0.264 e. The quantitative estimate of drug-likeness (QED) is 0.488. The topological polar surface area (TPSA) is 84.9 Å². The van der Waals surface area contributed by atoms with Crippen LogP contribution in [0.2, 0.25) is 0 Å². The van der Waals surface area contributed by atoms with Gasteiger partial charge in [-0.3, -0.25) is 9.10 Å². The lowest BCUT2D eigenvalue weighted by molar-refractivity contribution is -0.119. The number of anilines is 1. The summed E-state index contributed by atoms with van der Waals surface area (Å²) < 4.78 is 38.9. The number of benzene rings is 3. The molecule has 0 aliphatic rings. The molecule has 1 N–H and O–H groups in total. The summed E-state index contributed by atoms with van der Waals surface area (Å²) in [6.07, 6.45) is 0. The average Bonchev–Trinajstić information content (AvgIpc) is 2.82. The van der Waals surface area contributed by atoms with E-state index in [-0.39, 0.29) is 11.4 Å². The molecule has 0 aliphatic heterocycles. The number of hydrogen-bond acceptors (Lipinski definition) is 5. The maximum Gasteiger partial charge on any atom is 0.264 e. The molecule has 0 saturated carbocycles. The van der Waals surface area contributed by atoms with Crippen LogP contribution < -0.4 is 19.1 Å². The highest BCUT2D eigenvalue weighted by molar-refractivity contribution is 7.92. The zero-order valence-electron chi connectivity index (χ0n) is 18.9. The minimum absolute atomic E-state index is 0.0906. The molecule has 0 spiro atoms. The van der Waals surface area contributed by atoms with Crippen LogP contribution in [0.3, 0.4) is 0 Å². The molecule has 3 aromatic carbocycles. The highest BCUT2D eigenvalue weighted by atomic mass is 32.2. The number of aryl methyl sites for hydroxylation is 1. The van der Waals surface area contributed by atoms with Gasteiger partial charge in [0.05, 0.1) is 24.3 Å². The van der Waals surface area contributed by atoms with Crippen molar-refractivity contribution in [2.24, 2.45) is 0 Å². The first-order valence-electron chi connectivity index (χ1n) is 10.6. The van der Waals surface area contributed by atoms with E-state index in [1.165, 1.54) is 19.2 Å². The normalized spacial score (nSPS) is 11.0. The highest BCUT2D eigenvalue weighted by Crippen LogP contribution is 2.33. The number of carbonyl (C=O) groups excluding carboxylic acids is 1. The third kappa shape index (κ3) is 6.04. The summed E-state index contributed by atoms with van der Waals surface area (Å²) >= 11 is 0. The standard InChI is InChI=1S/C25H28N2O5S/c1-4-32-21-13-11-20(12-14-21)17-26-25(28)18-27(23-16-19(2)10-15-24(23)31-3)33(29,30)22-8-6-5-7-9-22/h5-16H,4,17-18H2,1-3H3,(H,26,28). The van der Waals surface area contributed by atoms with Crippen LogP contribution in [0.25, 0.3) is 0 Å². The molecule has 0 aliphatic carbocycles. The first-order chi connectivity index (χ1) is 15.8. The molecule has 1 amide bonds. The molecular weight excluding hydrogens is 440 g/mol. The number of nitrogens with one attached hydrogen (secondary N) is 1. The molecule has 0 atom stereocenters. The van der Waals surface area contributed by atoms with Crippen LogP contribution in [0.5, 0.6) is 11.5 Å². The van der Waals surface area contributed by atoms with Crippen LogP contribution in [0.4, 0.5) is 5.69 Å². The summed E-state index contributed by atoms with van der Waals surface area (Å²) in [6, 6.07) is 20.6. The van der Waals surface area contributed by atoms with E-state index in [1.807, 2.05) is 44.2 Å². The molecule has 0 aromatic heterocycles. The maximum absolute atomic E-state index is 13.5. The van der Waals surface area contributed by atoms with Gasteiger partial charge in [0.1, 0.15) is 18.0 Å². The van der Waals surface area contributed by atoms with Crippen molar-refractivity contribution < 1.29 is 22.7 Å². The van der Waals surface area contributed by atoms with Crippen molar-refractivity contribution in [3.63, 3.8) is 0 Å². The molecule has 0 unspecified atom stereocenters. The van der Waals surface area contributed by atoms with Crippen molar-refractivity contribution in [3.05, 3.63) is 83.9 Å². The third-order valence-electron chi connectivity index (χ3n) is 4.95. The van der Waals surface area contributed by atoms with Gasteiger partial charge in [-0.15, -0.1) is 0 Å². The molecule has 0 bridgehead atoms. The van der Waals surface area contributed by atoms with Gasteiger partial charge in [0.25, 0.3) is 10.0 Å². The van der Waals surface area contributed by atoms with Gasteiger partial charge in [-0.25, -0.2) is 8.42 Å². The van der Waals surface area contributed by atoms with Crippen molar-refractivity contribution in [3.8, 4) is 11.5 Å². The van der Waals surface area contributed by atoms with Gasteiger partial charge in [-0.05, 0) is 61.4 Å². The molecule has 174 valence electrons. The molecule has 0 radical (unpaired) electrons. The zero-order chi connectivity index (χ0) is 23.8. The van der Waals surface area contributed by atoms with E-state index in [4.69, 9.17) is 9.47 Å². The average molecular weight is 469 g/mol. The number of methoxy groups -OCH3 is 1. The highest BCUT2D eigenvalue weighted by Gasteiger charge is 2.29. The molecule has 0 heterocycles. The monoisotopic (exact) mass is 468 g/mol. The fourth-order valence-corrected chi connectivity index (χ4v) is 4.72. The molecule has 3 rings (SSSR count). The second-order valence-electron chi connectivity index (χ2n) is 7.35. The van der Waals surface area contributed by atoms with E-state index in [2.05, 4.69) is 5.32 Å². The van der Waals surface area contributed by atoms with Crippen LogP contribution in [-0.2, 0) is 21.4 Å². The Hall–Kier alpha value is -3.52. The zero-order valence-corrected chi connectivity index (χ0v) is 19.8. The second-order valence-corrected chi connectivity index (χ2v) is 9.22. The Balaban J connectivity index is 1.85. The van der Waals surface area contributed by atoms with E-state index in [1.54, 1.807) is 30.3 Å². The largest absolute Gasteiger partial charge is 0.495 e. The number of rotatable bonds is 10. The van der Waals surface area contributed by atoms with Gasteiger partial charge in [0, 0.05) is 6.54 Å². The Morgan fingerprint density at radius 3 is 2.33 bits per heavy atom. The van der Waals surface area contributed by atoms with Crippen molar-refractivity contribution in [1.82, 2.24) is 5.32 Å². The summed E-state index contributed by atoms with van der Waals surface area (Å²) in [5, 5.41) is 2.80. The first kappa shape index (κ1) is 24.1. The van der Waals surface area contributed by atoms with Crippen molar-refractivity contribution in [1.29, 1.82) is 0 Å². The lowest BCUT2D eigenvalue weighted by Crippen LogP contribution is -2.40. The Morgan fingerprint density at radius 1 is 1.00 bits per heavy atom. The van der Waals surface area contributed by atoms with Crippen LogP contribution in [0.15, 0.2) is 77.7 Å². The Labute approximate surface area is 195 Å². The van der Waals surface area contributed by atoms with Crippen LogP contribution in [0, 0.1) is 6.92 Å². The second kappa shape index (κ2) is 10.9. The van der Waals surface area contributed by atoms with Gasteiger partial charge in [0.15, 0.2) is 0 Å². The molecule has 0 fully saturated rings. The number of sulfonamides is 1. The van der Waals surface area contributed by atoms with Gasteiger partial charge in [-0.1, -0.05) is 36.4 Å². The molecular formula is C25H28N2O5S. The van der Waals surface area contributed by atoms with Crippen molar-refractivity contribution >= 4 is 21.6 Å². The van der Waals surface area contributed by atoms with Crippen LogP contribution in [-0.4, -0.2) is 34.6 Å². The van der Waals surface area contributed by atoms with E-state index in [0.29, 0.717) is 18.0 Å². The number of carbonyl (C=O) groups is 1. The van der Waals surface area contributed by atoms with Gasteiger partial charge >= 0.3 is 0 Å². The summed E-state index contributed by atoms with van der Waals surface area (Å²) in [7, 11) is -2.55. The fourth-order valence-electron chi connectivity index (χ4n) is 3.27. The van der Waals surface area contributed by atoms with Crippen LogP contribution in [0.1, 0.15) is 18.1 Å². The summed E-state index contributed by atoms with van der Waals surface area (Å²) in [5.74, 6) is 0.672. The number of nitrogens with zero attached hydrogens (tertiary/aromatic N) is 1. The molecule has 7 nitrogen and oxygen atoms in total. The third-order valence-corrected chi connectivity index (χ3v) is 6.72. The summed E-state index contributed by atoms with van der Waals surface area (Å²) in [5.41, 5.74) is 2.02. The number of amides is 1. The van der Waals surface area contributed by atoms with E-state index in [0.717, 1.165) is 21.2 Å². The van der Waals surface area contributed by atoms with Gasteiger partial charge < -0.3 is 14.8 Å². The first-order valence-corrected chi connectivity index (χ1v) is 12.0. The van der Waals surface area contributed by atoms with Crippen molar-refractivity contribution in [2.75, 3.05) is 24.6 Å². The van der Waals surface area contributed by atoms with Gasteiger partial charge in [0.2, 0.25) is 5.91 Å². The van der Waals surface area contributed by atoms with E-state index in [9.17, 15) is 13.2 Å². The maximum atomic E-state index is 13.5. The molecule has 33 heavy (non-hydrogen) atoms. The van der Waals surface area contributed by atoms with E-state index >= 15 is 0 Å². The number of ether oxygens (including phenoxy) is 2. The lowest BCUT2D eigenvalue weighted by Gasteiger charge is -2.26.